The predicted octanol–water partition coefficient (Wildman–Crippen LogP) is 2.60. The molecule has 1 N–H and O–H groups in total. The summed E-state index contributed by atoms with van der Waals surface area (Å²) in [5.41, 5.74) is 1.79. The highest BCUT2D eigenvalue weighted by Crippen LogP contribution is 2.11. The Hall–Kier alpha value is -1.62. The molecule has 2 rings (SSSR count). The molecular weight excluding hydrogens is 296 g/mol. The van der Waals surface area contributed by atoms with Crippen molar-refractivity contribution in [2.75, 3.05) is 0 Å². The van der Waals surface area contributed by atoms with Crippen molar-refractivity contribution >= 4 is 21.8 Å². The summed E-state index contributed by atoms with van der Waals surface area (Å²) >= 11 is 3.36. The first-order valence-corrected chi connectivity index (χ1v) is 6.36. The summed E-state index contributed by atoms with van der Waals surface area (Å²) in [6, 6.07) is 9.48. The van der Waals surface area contributed by atoms with Gasteiger partial charge in [-0.25, -0.2) is 0 Å². The molecule has 0 radical (unpaired) electrons. The molecule has 1 heterocycles. The summed E-state index contributed by atoms with van der Waals surface area (Å²) < 4.78 is 6.01. The Labute approximate surface area is 113 Å². The summed E-state index contributed by atoms with van der Waals surface area (Å²) in [5, 5.41) is 6.55. The molecule has 0 aliphatic heterocycles. The van der Waals surface area contributed by atoms with E-state index in [9.17, 15) is 4.79 Å². The standard InChI is InChI=1S/C13H13BrN2O2/c1-9-6-12(18-16-9)8-15-13(17)7-10-2-4-11(14)5-3-10/h2-6H,7-8H2,1H3,(H,15,17). The van der Waals surface area contributed by atoms with E-state index in [0.717, 1.165) is 15.7 Å². The zero-order valence-electron chi connectivity index (χ0n) is 9.94. The maximum absolute atomic E-state index is 11.7. The Morgan fingerprint density at radius 1 is 1.39 bits per heavy atom. The van der Waals surface area contributed by atoms with Crippen molar-refractivity contribution in [3.05, 3.63) is 51.8 Å². The second-order valence-electron chi connectivity index (χ2n) is 4.01. The molecule has 94 valence electrons. The number of halogens is 1. The molecule has 0 unspecified atom stereocenters. The number of carbonyl (C=O) groups excluding carboxylic acids is 1. The monoisotopic (exact) mass is 308 g/mol. The van der Waals surface area contributed by atoms with Gasteiger partial charge in [0.05, 0.1) is 18.7 Å². The van der Waals surface area contributed by atoms with Crippen molar-refractivity contribution in [2.45, 2.75) is 19.9 Å². The summed E-state index contributed by atoms with van der Waals surface area (Å²) in [6.07, 6.45) is 0.362. The largest absolute Gasteiger partial charge is 0.359 e. The number of hydrogen-bond donors (Lipinski definition) is 1. The van der Waals surface area contributed by atoms with Gasteiger partial charge < -0.3 is 9.84 Å². The fourth-order valence-electron chi connectivity index (χ4n) is 1.54. The van der Waals surface area contributed by atoms with E-state index in [0.29, 0.717) is 18.7 Å². The van der Waals surface area contributed by atoms with Gasteiger partial charge in [0.25, 0.3) is 0 Å². The average Bonchev–Trinajstić information content (AvgIpc) is 2.76. The van der Waals surface area contributed by atoms with Gasteiger partial charge >= 0.3 is 0 Å². The van der Waals surface area contributed by atoms with Gasteiger partial charge in [-0.05, 0) is 24.6 Å². The first-order valence-electron chi connectivity index (χ1n) is 5.57. The zero-order valence-corrected chi connectivity index (χ0v) is 11.5. The fraction of sp³-hybridized carbons (Fsp3) is 0.231. The number of nitrogens with one attached hydrogen (secondary N) is 1. The Morgan fingerprint density at radius 2 is 2.11 bits per heavy atom. The Balaban J connectivity index is 1.83. The molecule has 5 heteroatoms. The molecular formula is C13H13BrN2O2. The van der Waals surface area contributed by atoms with Gasteiger partial charge in [-0.1, -0.05) is 33.2 Å². The molecule has 2 aromatic rings. The van der Waals surface area contributed by atoms with Gasteiger partial charge in [0.15, 0.2) is 5.76 Å². The number of hydrogen-bond acceptors (Lipinski definition) is 3. The molecule has 18 heavy (non-hydrogen) atoms. The van der Waals surface area contributed by atoms with Crippen molar-refractivity contribution in [1.29, 1.82) is 0 Å². The first-order chi connectivity index (χ1) is 8.63. The van der Waals surface area contributed by atoms with Crippen LogP contribution in [0.3, 0.4) is 0 Å². The topological polar surface area (TPSA) is 55.1 Å². The lowest BCUT2D eigenvalue weighted by molar-refractivity contribution is -0.120. The smallest absolute Gasteiger partial charge is 0.224 e. The van der Waals surface area contributed by atoms with Crippen LogP contribution < -0.4 is 5.32 Å². The van der Waals surface area contributed by atoms with Gasteiger partial charge in [-0.15, -0.1) is 0 Å². The molecule has 0 saturated heterocycles. The van der Waals surface area contributed by atoms with Crippen molar-refractivity contribution < 1.29 is 9.32 Å². The lowest BCUT2D eigenvalue weighted by atomic mass is 10.1. The minimum atomic E-state index is -0.0358. The van der Waals surface area contributed by atoms with E-state index in [1.165, 1.54) is 0 Å². The van der Waals surface area contributed by atoms with E-state index >= 15 is 0 Å². The Bertz CT molecular complexity index is 534. The van der Waals surface area contributed by atoms with Crippen LogP contribution in [-0.2, 0) is 17.8 Å². The summed E-state index contributed by atoms with van der Waals surface area (Å²) in [5.74, 6) is 0.628. The van der Waals surface area contributed by atoms with Gasteiger partial charge in [-0.3, -0.25) is 4.79 Å². The highest BCUT2D eigenvalue weighted by atomic mass is 79.9. The van der Waals surface area contributed by atoms with Crippen LogP contribution in [0.2, 0.25) is 0 Å². The van der Waals surface area contributed by atoms with Crippen LogP contribution in [-0.4, -0.2) is 11.1 Å². The number of benzene rings is 1. The summed E-state index contributed by atoms with van der Waals surface area (Å²) in [7, 11) is 0. The average molecular weight is 309 g/mol. The predicted molar refractivity (Wildman–Crippen MR) is 70.9 cm³/mol. The van der Waals surface area contributed by atoms with Crippen LogP contribution in [0.4, 0.5) is 0 Å². The number of amides is 1. The van der Waals surface area contributed by atoms with Crippen molar-refractivity contribution in [2.24, 2.45) is 0 Å². The lowest BCUT2D eigenvalue weighted by Crippen LogP contribution is -2.24. The van der Waals surface area contributed by atoms with Crippen LogP contribution >= 0.6 is 15.9 Å². The van der Waals surface area contributed by atoms with Crippen molar-refractivity contribution in [3.8, 4) is 0 Å². The highest BCUT2D eigenvalue weighted by molar-refractivity contribution is 9.10. The van der Waals surface area contributed by atoms with Crippen LogP contribution in [0.1, 0.15) is 17.0 Å². The molecule has 1 aromatic carbocycles. The van der Waals surface area contributed by atoms with Crippen LogP contribution in [0, 0.1) is 6.92 Å². The number of aryl methyl sites for hydroxylation is 1. The highest BCUT2D eigenvalue weighted by Gasteiger charge is 2.05. The molecule has 0 aliphatic rings. The number of aromatic nitrogens is 1. The van der Waals surface area contributed by atoms with E-state index in [1.807, 2.05) is 31.2 Å². The molecule has 0 saturated carbocycles. The number of rotatable bonds is 4. The molecule has 0 spiro atoms. The SMILES string of the molecule is Cc1cc(CNC(=O)Cc2ccc(Br)cc2)on1. The maximum atomic E-state index is 11.7. The molecule has 4 nitrogen and oxygen atoms in total. The van der Waals surface area contributed by atoms with Gasteiger partial charge in [0, 0.05) is 10.5 Å². The van der Waals surface area contributed by atoms with Crippen LogP contribution in [0.15, 0.2) is 39.3 Å². The van der Waals surface area contributed by atoms with Crippen molar-refractivity contribution in [3.63, 3.8) is 0 Å². The van der Waals surface area contributed by atoms with Crippen LogP contribution in [0.25, 0.3) is 0 Å². The third kappa shape index (κ3) is 3.70. The fourth-order valence-corrected chi connectivity index (χ4v) is 1.80. The van der Waals surface area contributed by atoms with E-state index in [2.05, 4.69) is 26.4 Å². The van der Waals surface area contributed by atoms with E-state index < -0.39 is 0 Å². The van der Waals surface area contributed by atoms with Crippen LogP contribution in [0.5, 0.6) is 0 Å². The quantitative estimate of drug-likeness (QED) is 0.944. The van der Waals surface area contributed by atoms with E-state index in [-0.39, 0.29) is 5.91 Å². The molecule has 0 bridgehead atoms. The minimum Gasteiger partial charge on any atom is -0.359 e. The molecule has 1 amide bonds. The second kappa shape index (κ2) is 5.82. The molecule has 0 fully saturated rings. The third-order valence-electron chi connectivity index (χ3n) is 2.41. The van der Waals surface area contributed by atoms with E-state index in [1.54, 1.807) is 6.07 Å². The van der Waals surface area contributed by atoms with Gasteiger partial charge in [-0.2, -0.15) is 0 Å². The molecule has 0 aliphatic carbocycles. The molecule has 1 aromatic heterocycles. The third-order valence-corrected chi connectivity index (χ3v) is 2.94. The summed E-state index contributed by atoms with van der Waals surface area (Å²) in [4.78, 5) is 11.7. The summed E-state index contributed by atoms with van der Waals surface area (Å²) in [6.45, 7) is 2.22. The number of carbonyl (C=O) groups is 1. The zero-order chi connectivity index (χ0) is 13.0. The normalized spacial score (nSPS) is 10.3. The van der Waals surface area contributed by atoms with Gasteiger partial charge in [0.1, 0.15) is 0 Å². The van der Waals surface area contributed by atoms with Gasteiger partial charge in [0.2, 0.25) is 5.91 Å². The lowest BCUT2D eigenvalue weighted by Gasteiger charge is -2.03. The number of nitrogens with zero attached hydrogens (tertiary/aromatic N) is 1. The Morgan fingerprint density at radius 3 is 2.72 bits per heavy atom. The first kappa shape index (κ1) is 12.8. The Kier molecular flexibility index (Phi) is 4.15. The van der Waals surface area contributed by atoms with E-state index in [4.69, 9.17) is 4.52 Å². The minimum absolute atomic E-state index is 0.0358. The molecule has 0 atom stereocenters. The second-order valence-corrected chi connectivity index (χ2v) is 4.93. The maximum Gasteiger partial charge on any atom is 0.224 e. The van der Waals surface area contributed by atoms with Crippen molar-refractivity contribution in [1.82, 2.24) is 10.5 Å².